The zero-order valence-corrected chi connectivity index (χ0v) is 17.4. The predicted octanol–water partition coefficient (Wildman–Crippen LogP) is 4.90. The highest BCUT2D eigenvalue weighted by atomic mass is 16.4. The highest BCUT2D eigenvalue weighted by molar-refractivity contribution is 5.73. The second-order valence-electron chi connectivity index (χ2n) is 8.30. The maximum Gasteiger partial charge on any atom is 0.320 e. The minimum absolute atomic E-state index is 0.0428. The smallest absolute Gasteiger partial charge is 0.320 e. The predicted molar refractivity (Wildman–Crippen MR) is 115 cm³/mol. The SMILES string of the molecule is CC(C)c1ccc(C(c2ccc(N(C)C)cc2)N2CCCCC2C(=O)O)cc1. The van der Waals surface area contributed by atoms with Crippen LogP contribution >= 0.6 is 0 Å². The third kappa shape index (κ3) is 4.39. The lowest BCUT2D eigenvalue weighted by Crippen LogP contribution is -2.46. The van der Waals surface area contributed by atoms with Gasteiger partial charge in [0.05, 0.1) is 6.04 Å². The number of rotatable bonds is 6. The van der Waals surface area contributed by atoms with Crippen LogP contribution in [0, 0.1) is 0 Å². The summed E-state index contributed by atoms with van der Waals surface area (Å²) in [6, 6.07) is 16.8. The summed E-state index contributed by atoms with van der Waals surface area (Å²) in [6.07, 6.45) is 2.73. The second-order valence-corrected chi connectivity index (χ2v) is 8.30. The van der Waals surface area contributed by atoms with Gasteiger partial charge in [0.1, 0.15) is 6.04 Å². The average molecular weight is 381 g/mol. The molecule has 0 aliphatic carbocycles. The fraction of sp³-hybridized carbons (Fsp3) is 0.458. The molecule has 4 heteroatoms. The summed E-state index contributed by atoms with van der Waals surface area (Å²) >= 11 is 0. The summed E-state index contributed by atoms with van der Waals surface area (Å²) in [5.41, 5.74) is 4.76. The Balaban J connectivity index is 2.03. The molecule has 2 aromatic rings. The van der Waals surface area contributed by atoms with Crippen LogP contribution in [0.4, 0.5) is 5.69 Å². The molecule has 1 saturated heterocycles. The summed E-state index contributed by atoms with van der Waals surface area (Å²) in [6.45, 7) is 5.19. The minimum atomic E-state index is -0.714. The molecule has 0 saturated carbocycles. The van der Waals surface area contributed by atoms with Crippen LogP contribution in [-0.4, -0.2) is 42.7 Å². The minimum Gasteiger partial charge on any atom is -0.480 e. The molecule has 28 heavy (non-hydrogen) atoms. The first-order chi connectivity index (χ1) is 13.4. The van der Waals surface area contributed by atoms with Crippen LogP contribution in [0.15, 0.2) is 48.5 Å². The summed E-state index contributed by atoms with van der Waals surface area (Å²) in [4.78, 5) is 16.2. The molecule has 150 valence electrons. The number of anilines is 1. The van der Waals surface area contributed by atoms with E-state index in [2.05, 4.69) is 72.2 Å². The third-order valence-corrected chi connectivity index (χ3v) is 5.81. The van der Waals surface area contributed by atoms with E-state index < -0.39 is 12.0 Å². The summed E-state index contributed by atoms with van der Waals surface area (Å²) in [5.74, 6) is -0.234. The Kier molecular flexibility index (Phi) is 6.40. The van der Waals surface area contributed by atoms with Crippen LogP contribution in [0.5, 0.6) is 0 Å². The van der Waals surface area contributed by atoms with Crippen molar-refractivity contribution in [3.63, 3.8) is 0 Å². The molecule has 2 aromatic carbocycles. The molecule has 0 radical (unpaired) electrons. The molecule has 1 N–H and O–H groups in total. The lowest BCUT2D eigenvalue weighted by atomic mass is 9.90. The van der Waals surface area contributed by atoms with Gasteiger partial charge in [-0.3, -0.25) is 9.69 Å². The summed E-state index contributed by atoms with van der Waals surface area (Å²) in [5, 5.41) is 9.84. The van der Waals surface area contributed by atoms with E-state index >= 15 is 0 Å². The van der Waals surface area contributed by atoms with Gasteiger partial charge in [-0.1, -0.05) is 56.7 Å². The van der Waals surface area contributed by atoms with Crippen molar-refractivity contribution in [2.24, 2.45) is 0 Å². The van der Waals surface area contributed by atoms with E-state index in [0.717, 1.165) is 36.2 Å². The number of hydrogen-bond acceptors (Lipinski definition) is 3. The van der Waals surface area contributed by atoms with Crippen LogP contribution in [0.3, 0.4) is 0 Å². The first-order valence-electron chi connectivity index (χ1n) is 10.2. The highest BCUT2D eigenvalue weighted by Gasteiger charge is 2.35. The zero-order chi connectivity index (χ0) is 20.3. The van der Waals surface area contributed by atoms with Gasteiger partial charge in [0, 0.05) is 19.8 Å². The number of likely N-dealkylation sites (tertiary alicyclic amines) is 1. The van der Waals surface area contributed by atoms with E-state index in [1.807, 2.05) is 14.1 Å². The van der Waals surface area contributed by atoms with Crippen molar-refractivity contribution in [3.8, 4) is 0 Å². The quantitative estimate of drug-likeness (QED) is 0.774. The number of piperidine rings is 1. The number of benzene rings is 2. The molecule has 1 fully saturated rings. The molecule has 4 nitrogen and oxygen atoms in total. The van der Waals surface area contributed by atoms with E-state index in [1.165, 1.54) is 5.56 Å². The number of carbonyl (C=O) groups is 1. The first kappa shape index (κ1) is 20.4. The molecule has 0 amide bonds. The molecular weight excluding hydrogens is 348 g/mol. The summed E-state index contributed by atoms with van der Waals surface area (Å²) < 4.78 is 0. The Hall–Kier alpha value is -2.33. The van der Waals surface area contributed by atoms with Gasteiger partial charge in [-0.15, -0.1) is 0 Å². The molecule has 2 unspecified atom stereocenters. The number of aliphatic carboxylic acids is 1. The van der Waals surface area contributed by atoms with Crippen LogP contribution in [0.2, 0.25) is 0 Å². The molecule has 3 rings (SSSR count). The van der Waals surface area contributed by atoms with Gasteiger partial charge < -0.3 is 10.0 Å². The standard InChI is InChI=1S/C24H32N2O2/c1-17(2)18-8-10-19(11-9-18)23(20-12-14-21(15-13-20)25(3)4)26-16-6-5-7-22(26)24(27)28/h8-15,17,22-23H,5-7,16H2,1-4H3,(H,27,28). The Labute approximate surface area is 168 Å². The number of nitrogens with zero attached hydrogens (tertiary/aromatic N) is 2. The van der Waals surface area contributed by atoms with Gasteiger partial charge in [-0.25, -0.2) is 0 Å². The highest BCUT2D eigenvalue weighted by Crippen LogP contribution is 2.35. The van der Waals surface area contributed by atoms with Crippen LogP contribution < -0.4 is 4.90 Å². The monoisotopic (exact) mass is 380 g/mol. The number of carboxylic acids is 1. The average Bonchev–Trinajstić information content (AvgIpc) is 2.69. The number of carboxylic acid groups (broad SMARTS) is 1. The zero-order valence-electron chi connectivity index (χ0n) is 17.4. The normalized spacial score (nSPS) is 18.8. The van der Waals surface area contributed by atoms with Crippen molar-refractivity contribution < 1.29 is 9.90 Å². The Morgan fingerprint density at radius 1 is 0.964 bits per heavy atom. The van der Waals surface area contributed by atoms with Crippen molar-refractivity contribution in [1.82, 2.24) is 4.90 Å². The Bertz CT molecular complexity index is 730. The van der Waals surface area contributed by atoms with Crippen LogP contribution in [0.25, 0.3) is 0 Å². The van der Waals surface area contributed by atoms with Gasteiger partial charge in [0.25, 0.3) is 0 Å². The van der Waals surface area contributed by atoms with Crippen molar-refractivity contribution in [2.75, 3.05) is 25.5 Å². The Morgan fingerprint density at radius 3 is 2.00 bits per heavy atom. The molecule has 0 spiro atoms. The topological polar surface area (TPSA) is 43.8 Å². The second kappa shape index (κ2) is 8.78. The first-order valence-corrected chi connectivity index (χ1v) is 10.2. The van der Waals surface area contributed by atoms with Gasteiger partial charge >= 0.3 is 5.97 Å². The van der Waals surface area contributed by atoms with Crippen molar-refractivity contribution in [1.29, 1.82) is 0 Å². The largest absolute Gasteiger partial charge is 0.480 e. The molecule has 2 atom stereocenters. The van der Waals surface area contributed by atoms with Gasteiger partial charge in [-0.2, -0.15) is 0 Å². The molecule has 1 aliphatic rings. The van der Waals surface area contributed by atoms with Gasteiger partial charge in [-0.05, 0) is 54.1 Å². The van der Waals surface area contributed by atoms with Crippen LogP contribution in [-0.2, 0) is 4.79 Å². The molecule has 0 aromatic heterocycles. The fourth-order valence-electron chi connectivity index (χ4n) is 4.12. The van der Waals surface area contributed by atoms with E-state index in [9.17, 15) is 9.90 Å². The third-order valence-electron chi connectivity index (χ3n) is 5.81. The van der Waals surface area contributed by atoms with Crippen molar-refractivity contribution in [2.45, 2.75) is 51.1 Å². The lowest BCUT2D eigenvalue weighted by Gasteiger charge is -2.39. The Morgan fingerprint density at radius 2 is 1.50 bits per heavy atom. The number of hydrogen-bond donors (Lipinski definition) is 1. The van der Waals surface area contributed by atoms with Gasteiger partial charge in [0.2, 0.25) is 0 Å². The lowest BCUT2D eigenvalue weighted by molar-refractivity contribution is -0.145. The molecule has 1 aliphatic heterocycles. The van der Waals surface area contributed by atoms with E-state index in [1.54, 1.807) is 0 Å². The van der Waals surface area contributed by atoms with Crippen molar-refractivity contribution in [3.05, 3.63) is 65.2 Å². The fourth-order valence-corrected chi connectivity index (χ4v) is 4.12. The summed E-state index contributed by atoms with van der Waals surface area (Å²) in [7, 11) is 4.06. The maximum absolute atomic E-state index is 12.0. The van der Waals surface area contributed by atoms with Crippen molar-refractivity contribution >= 4 is 11.7 Å². The van der Waals surface area contributed by atoms with Gasteiger partial charge in [0.15, 0.2) is 0 Å². The van der Waals surface area contributed by atoms with E-state index in [-0.39, 0.29) is 6.04 Å². The van der Waals surface area contributed by atoms with E-state index in [0.29, 0.717) is 12.3 Å². The molecular formula is C24H32N2O2. The van der Waals surface area contributed by atoms with E-state index in [4.69, 9.17) is 0 Å². The molecule has 0 bridgehead atoms. The molecule has 1 heterocycles. The van der Waals surface area contributed by atoms with Crippen LogP contribution in [0.1, 0.15) is 61.8 Å². The maximum atomic E-state index is 12.0.